The smallest absolute Gasteiger partial charge is 0.0710 e. The molecule has 0 spiro atoms. The van der Waals surface area contributed by atoms with Gasteiger partial charge in [-0.2, -0.15) is 10.5 Å². The van der Waals surface area contributed by atoms with E-state index in [0.717, 1.165) is 12.8 Å². The fourth-order valence-electron chi connectivity index (χ4n) is 1.28. The molecule has 58 valence electrons. The fourth-order valence-corrected chi connectivity index (χ4v) is 1.28. The minimum absolute atomic E-state index is 0.0818. The second-order valence-electron chi connectivity index (χ2n) is 2.68. The molecule has 0 saturated carbocycles. The summed E-state index contributed by atoms with van der Waals surface area (Å²) in [5, 5.41) is 16.7. The van der Waals surface area contributed by atoms with Gasteiger partial charge in [-0.15, -0.1) is 0 Å². The summed E-state index contributed by atoms with van der Waals surface area (Å²) >= 11 is 0. The van der Waals surface area contributed by atoms with Crippen LogP contribution in [0.1, 0.15) is 25.7 Å². The molecule has 1 rings (SSSR count). The lowest BCUT2D eigenvalue weighted by molar-refractivity contribution is 0.0509. The molecule has 3 heteroatoms. The van der Waals surface area contributed by atoms with E-state index in [1.807, 2.05) is 0 Å². The SMILES string of the molecule is N#CCC1CCC(CC#N)O1. The minimum Gasteiger partial charge on any atom is -0.373 e. The Morgan fingerprint density at radius 1 is 1.09 bits per heavy atom. The van der Waals surface area contributed by atoms with Crippen molar-refractivity contribution in [1.82, 2.24) is 0 Å². The van der Waals surface area contributed by atoms with E-state index in [9.17, 15) is 0 Å². The summed E-state index contributed by atoms with van der Waals surface area (Å²) in [6, 6.07) is 4.13. The first-order chi connectivity index (χ1) is 5.36. The highest BCUT2D eigenvalue weighted by Gasteiger charge is 2.24. The highest BCUT2D eigenvalue weighted by Crippen LogP contribution is 2.23. The van der Waals surface area contributed by atoms with Gasteiger partial charge in [-0.3, -0.25) is 0 Å². The lowest BCUT2D eigenvalue weighted by atomic mass is 10.1. The molecular formula is C8H10N2O. The van der Waals surface area contributed by atoms with Gasteiger partial charge < -0.3 is 4.74 Å². The Hall–Kier alpha value is -1.06. The van der Waals surface area contributed by atoms with E-state index in [2.05, 4.69) is 12.1 Å². The summed E-state index contributed by atoms with van der Waals surface area (Å²) in [7, 11) is 0. The van der Waals surface area contributed by atoms with Crippen LogP contribution in [0.5, 0.6) is 0 Å². The molecule has 1 saturated heterocycles. The Labute approximate surface area is 66.2 Å². The fraction of sp³-hybridized carbons (Fsp3) is 0.750. The van der Waals surface area contributed by atoms with Crippen LogP contribution in [0, 0.1) is 22.7 Å². The predicted octanol–water partition coefficient (Wildman–Crippen LogP) is 1.36. The van der Waals surface area contributed by atoms with Gasteiger partial charge in [-0.1, -0.05) is 0 Å². The molecule has 1 heterocycles. The van der Waals surface area contributed by atoms with Crippen molar-refractivity contribution in [3.63, 3.8) is 0 Å². The summed E-state index contributed by atoms with van der Waals surface area (Å²) in [6.45, 7) is 0. The third-order valence-electron chi connectivity index (χ3n) is 1.83. The zero-order chi connectivity index (χ0) is 8.10. The van der Waals surface area contributed by atoms with E-state index >= 15 is 0 Å². The predicted molar refractivity (Wildman–Crippen MR) is 38.4 cm³/mol. The maximum Gasteiger partial charge on any atom is 0.0710 e. The molecule has 0 aromatic rings. The number of rotatable bonds is 2. The maximum atomic E-state index is 8.35. The summed E-state index contributed by atoms with van der Waals surface area (Å²) in [6.07, 6.45) is 2.95. The van der Waals surface area contributed by atoms with Crippen molar-refractivity contribution in [1.29, 1.82) is 10.5 Å². The first-order valence-corrected chi connectivity index (χ1v) is 3.76. The molecule has 2 unspecified atom stereocenters. The van der Waals surface area contributed by atoms with Crippen LogP contribution in [0.4, 0.5) is 0 Å². The normalized spacial score (nSPS) is 29.3. The molecule has 0 bridgehead atoms. The molecule has 0 aromatic carbocycles. The number of ether oxygens (including phenoxy) is 1. The van der Waals surface area contributed by atoms with Crippen LogP contribution in [0.15, 0.2) is 0 Å². The molecule has 0 amide bonds. The summed E-state index contributed by atoms with van der Waals surface area (Å²) in [4.78, 5) is 0. The van der Waals surface area contributed by atoms with Gasteiger partial charge in [0.05, 0.1) is 37.2 Å². The average Bonchev–Trinajstić information content (AvgIpc) is 2.38. The zero-order valence-corrected chi connectivity index (χ0v) is 6.29. The molecule has 2 atom stereocenters. The Balaban J connectivity index is 2.25. The molecule has 0 aliphatic carbocycles. The Morgan fingerprint density at radius 2 is 1.55 bits per heavy atom. The van der Waals surface area contributed by atoms with E-state index in [-0.39, 0.29) is 12.2 Å². The van der Waals surface area contributed by atoms with Gasteiger partial charge in [0.25, 0.3) is 0 Å². The molecular weight excluding hydrogens is 140 g/mol. The van der Waals surface area contributed by atoms with Gasteiger partial charge in [-0.25, -0.2) is 0 Å². The highest BCUT2D eigenvalue weighted by atomic mass is 16.5. The minimum atomic E-state index is 0.0818. The van der Waals surface area contributed by atoms with Crippen LogP contribution in [0.25, 0.3) is 0 Å². The van der Waals surface area contributed by atoms with Crippen LogP contribution < -0.4 is 0 Å². The van der Waals surface area contributed by atoms with Crippen molar-refractivity contribution in [2.75, 3.05) is 0 Å². The van der Waals surface area contributed by atoms with Crippen LogP contribution in [-0.4, -0.2) is 12.2 Å². The topological polar surface area (TPSA) is 56.8 Å². The Kier molecular flexibility index (Phi) is 2.89. The van der Waals surface area contributed by atoms with Gasteiger partial charge in [0, 0.05) is 0 Å². The van der Waals surface area contributed by atoms with Crippen molar-refractivity contribution in [2.45, 2.75) is 37.9 Å². The van der Waals surface area contributed by atoms with Gasteiger partial charge in [0.2, 0.25) is 0 Å². The average molecular weight is 150 g/mol. The standard InChI is InChI=1S/C8H10N2O/c9-5-3-7-1-2-8(11-7)4-6-10/h7-8H,1-4H2. The van der Waals surface area contributed by atoms with Crippen LogP contribution in [0.2, 0.25) is 0 Å². The van der Waals surface area contributed by atoms with Crippen molar-refractivity contribution in [3.05, 3.63) is 0 Å². The van der Waals surface area contributed by atoms with Crippen LogP contribution in [0.3, 0.4) is 0 Å². The first kappa shape index (κ1) is 8.04. The van der Waals surface area contributed by atoms with Gasteiger partial charge in [-0.05, 0) is 12.8 Å². The van der Waals surface area contributed by atoms with E-state index in [0.29, 0.717) is 12.8 Å². The number of nitrogens with zero attached hydrogens (tertiary/aromatic N) is 2. The third-order valence-corrected chi connectivity index (χ3v) is 1.83. The molecule has 1 fully saturated rings. The molecule has 1 aliphatic rings. The van der Waals surface area contributed by atoms with Crippen molar-refractivity contribution < 1.29 is 4.74 Å². The van der Waals surface area contributed by atoms with Gasteiger partial charge in [0.1, 0.15) is 0 Å². The molecule has 0 N–H and O–H groups in total. The highest BCUT2D eigenvalue weighted by molar-refractivity contribution is 4.86. The third kappa shape index (κ3) is 2.22. The summed E-state index contributed by atoms with van der Waals surface area (Å²) in [5.41, 5.74) is 0. The second-order valence-corrected chi connectivity index (χ2v) is 2.68. The first-order valence-electron chi connectivity index (χ1n) is 3.76. The maximum absolute atomic E-state index is 8.35. The zero-order valence-electron chi connectivity index (χ0n) is 6.29. The Bertz CT molecular complexity index is 179. The van der Waals surface area contributed by atoms with Gasteiger partial charge >= 0.3 is 0 Å². The molecule has 1 aliphatic heterocycles. The Morgan fingerprint density at radius 3 is 1.91 bits per heavy atom. The molecule has 0 radical (unpaired) electrons. The molecule has 11 heavy (non-hydrogen) atoms. The molecule has 3 nitrogen and oxygen atoms in total. The van der Waals surface area contributed by atoms with Crippen LogP contribution in [-0.2, 0) is 4.74 Å². The lowest BCUT2D eigenvalue weighted by Gasteiger charge is -2.06. The number of hydrogen-bond acceptors (Lipinski definition) is 3. The van der Waals surface area contributed by atoms with Crippen molar-refractivity contribution >= 4 is 0 Å². The van der Waals surface area contributed by atoms with E-state index in [1.165, 1.54) is 0 Å². The summed E-state index contributed by atoms with van der Waals surface area (Å²) < 4.78 is 5.40. The largest absolute Gasteiger partial charge is 0.373 e. The van der Waals surface area contributed by atoms with Gasteiger partial charge in [0.15, 0.2) is 0 Å². The monoisotopic (exact) mass is 150 g/mol. The summed E-state index contributed by atoms with van der Waals surface area (Å²) in [5.74, 6) is 0. The van der Waals surface area contributed by atoms with Crippen LogP contribution >= 0.6 is 0 Å². The molecule has 0 aromatic heterocycles. The van der Waals surface area contributed by atoms with Crippen molar-refractivity contribution in [3.8, 4) is 12.1 Å². The van der Waals surface area contributed by atoms with E-state index in [4.69, 9.17) is 15.3 Å². The van der Waals surface area contributed by atoms with E-state index in [1.54, 1.807) is 0 Å². The number of nitriles is 2. The quantitative estimate of drug-likeness (QED) is 0.597. The van der Waals surface area contributed by atoms with E-state index < -0.39 is 0 Å². The lowest BCUT2D eigenvalue weighted by Crippen LogP contribution is -2.09. The second kappa shape index (κ2) is 3.95. The van der Waals surface area contributed by atoms with Crippen molar-refractivity contribution in [2.24, 2.45) is 0 Å². The number of hydrogen-bond donors (Lipinski definition) is 0.